The van der Waals surface area contributed by atoms with Gasteiger partial charge in [0.2, 0.25) is 11.4 Å². The molecule has 0 spiro atoms. The average Bonchev–Trinajstić information content (AvgIpc) is 3.25. The van der Waals surface area contributed by atoms with E-state index < -0.39 is 34.5 Å². The van der Waals surface area contributed by atoms with Crippen LogP contribution in [0.4, 0.5) is 13.2 Å². The summed E-state index contributed by atoms with van der Waals surface area (Å²) in [6.45, 7) is 5.43. The third-order valence-electron chi connectivity index (χ3n) is 11.7. The normalized spacial score (nSPS) is 18.3. The van der Waals surface area contributed by atoms with Gasteiger partial charge in [-0.15, -0.1) is 0 Å². The molecule has 3 aliphatic carbocycles. The first-order chi connectivity index (χ1) is 30.8. The molecule has 0 unspecified atom stereocenters. The van der Waals surface area contributed by atoms with Gasteiger partial charge in [-0.1, -0.05) is 49.3 Å². The fourth-order valence-electron chi connectivity index (χ4n) is 8.36. The van der Waals surface area contributed by atoms with E-state index in [9.17, 15) is 37.1 Å². The molecule has 348 valence electrons. The minimum atomic E-state index is -4.20. The van der Waals surface area contributed by atoms with Crippen molar-refractivity contribution in [3.8, 4) is 12.0 Å². The van der Waals surface area contributed by atoms with Crippen molar-refractivity contribution < 1.29 is 45.9 Å². The van der Waals surface area contributed by atoms with Crippen LogP contribution in [0.2, 0.25) is 0 Å². The van der Waals surface area contributed by atoms with E-state index in [1.807, 2.05) is 6.92 Å². The highest BCUT2D eigenvalue weighted by Crippen LogP contribution is 2.37. The first-order valence-electron chi connectivity index (χ1n) is 22.2. The molecule has 3 saturated carbocycles. The Kier molecular flexibility index (Phi) is 17.0. The van der Waals surface area contributed by atoms with Crippen LogP contribution in [0.15, 0.2) is 50.5 Å². The predicted molar refractivity (Wildman–Crippen MR) is 229 cm³/mol. The Bertz CT molecular complexity index is 2500. The molecule has 3 fully saturated rings. The van der Waals surface area contributed by atoms with E-state index in [4.69, 9.17) is 28.0 Å². The number of hydrogen-bond acceptors (Lipinski definition) is 15. The van der Waals surface area contributed by atoms with Crippen molar-refractivity contribution in [1.29, 1.82) is 0 Å². The molecule has 64 heavy (non-hydrogen) atoms. The van der Waals surface area contributed by atoms with Crippen LogP contribution in [0.1, 0.15) is 128 Å². The number of carbonyl (C=O) groups is 1. The maximum Gasteiger partial charge on any atom is 0.391 e. The second kappa shape index (κ2) is 22.8. The maximum atomic E-state index is 12.8. The van der Waals surface area contributed by atoms with E-state index in [1.165, 1.54) is 18.6 Å². The number of fused-ring (bicyclic) bond motifs is 2. The average molecular weight is 901 g/mol. The lowest BCUT2D eigenvalue weighted by Gasteiger charge is -2.24. The lowest BCUT2D eigenvalue weighted by molar-refractivity contribution is -0.178. The minimum Gasteiger partial charge on any atom is -0.466 e. The van der Waals surface area contributed by atoms with Gasteiger partial charge in [0.05, 0.1) is 23.9 Å². The number of esters is 1. The molecule has 7 rings (SSSR count). The number of alkyl halides is 3. The summed E-state index contributed by atoms with van der Waals surface area (Å²) in [5, 5.41) is 8.40. The zero-order valence-electron chi connectivity index (χ0n) is 36.1. The molecular weight excluding hydrogens is 846 g/mol. The number of hydrogen-bond donors (Lipinski definition) is 2. The van der Waals surface area contributed by atoms with Gasteiger partial charge in [-0.05, 0) is 107 Å². The molecular formula is C44H55F3N6O11. The van der Waals surface area contributed by atoms with Gasteiger partial charge in [0, 0.05) is 31.8 Å². The molecule has 4 aromatic rings. The molecule has 4 aromatic heterocycles. The van der Waals surface area contributed by atoms with Crippen molar-refractivity contribution in [2.24, 2.45) is 28.1 Å². The van der Waals surface area contributed by atoms with Crippen molar-refractivity contribution in [1.82, 2.24) is 19.9 Å². The lowest BCUT2D eigenvalue weighted by atomic mass is 9.84. The number of halogens is 3. The van der Waals surface area contributed by atoms with Gasteiger partial charge in [-0.25, -0.2) is 9.59 Å². The van der Waals surface area contributed by atoms with Crippen LogP contribution in [0.25, 0.3) is 22.2 Å². The predicted octanol–water partition coefficient (Wildman–Crippen LogP) is 7.60. The van der Waals surface area contributed by atoms with Crippen LogP contribution >= 0.6 is 0 Å². The van der Waals surface area contributed by atoms with Crippen molar-refractivity contribution in [2.45, 2.75) is 136 Å². The number of nitrogens with one attached hydrogen (secondary N) is 2. The van der Waals surface area contributed by atoms with Crippen LogP contribution < -0.4 is 32.0 Å². The fourth-order valence-corrected chi connectivity index (χ4v) is 8.36. The number of ether oxygens (including phenoxy) is 2. The molecule has 0 atom stereocenters. The van der Waals surface area contributed by atoms with Gasteiger partial charge < -0.3 is 28.0 Å². The third-order valence-corrected chi connectivity index (χ3v) is 11.7. The number of carbonyl (C=O) groups excluding carboxylic acids is 1. The summed E-state index contributed by atoms with van der Waals surface area (Å²) in [4.78, 5) is 84.7. The minimum absolute atomic E-state index is 0.0488. The molecule has 4 heterocycles. The first kappa shape index (κ1) is 47.8. The third kappa shape index (κ3) is 13.7. The number of aromatic nitrogens is 4. The number of aromatic amines is 2. The van der Waals surface area contributed by atoms with E-state index >= 15 is 0 Å². The van der Waals surface area contributed by atoms with E-state index in [0.29, 0.717) is 81.1 Å². The summed E-state index contributed by atoms with van der Waals surface area (Å²) in [6.07, 6.45) is 7.70. The van der Waals surface area contributed by atoms with Crippen LogP contribution in [-0.4, -0.2) is 63.3 Å². The Balaban J connectivity index is 0.000000213. The highest BCUT2D eigenvalue weighted by Gasteiger charge is 2.41. The lowest BCUT2D eigenvalue weighted by Crippen LogP contribution is -2.28. The molecule has 0 aromatic carbocycles. The Morgan fingerprint density at radius 1 is 0.750 bits per heavy atom. The van der Waals surface area contributed by atoms with Crippen LogP contribution in [0.3, 0.4) is 0 Å². The largest absolute Gasteiger partial charge is 0.466 e. The smallest absolute Gasteiger partial charge is 0.391 e. The Hall–Kier alpha value is -5.66. The summed E-state index contributed by atoms with van der Waals surface area (Å²) < 4.78 is 59.0. The van der Waals surface area contributed by atoms with Crippen LogP contribution in [-0.2, 0) is 27.1 Å². The SMILES string of the molecule is CCCOCCCc1cc(=O)oc2nc(ON=C3CCC(CC(=O)OCC)CC3)[nH]c(=O)c12.O=c1cc(CC2CCCCC2)c2c(=O)[nH]c(ON=C3CCC(C(F)(F)F)CC3)nc2o1. The standard InChI is InChI=1S/C23H31N3O7.C21H24F3N3O4/c1-3-11-30-12-5-6-16-14-19(28)32-22-20(16)21(29)24-23(25-22)33-26-17-9-7-15(8-10-17)13-18(27)31-4-2;22-21(23,24)14-6-8-15(9-7-14)27-31-20-25-18(29)17-13(10-12-4-2-1-3-5-12)11-16(28)30-19(17)26-20/h14-15H,3-13H2,1-2H3,(H,24,25,29);11-12,14H,1-10H2,(H,25,26,29). The molecule has 2 N–H and O–H groups in total. The summed E-state index contributed by atoms with van der Waals surface area (Å²) in [7, 11) is 0. The quantitative estimate of drug-likeness (QED) is 0.0666. The summed E-state index contributed by atoms with van der Waals surface area (Å²) in [6, 6.07) is 2.25. The second-order valence-corrected chi connectivity index (χ2v) is 16.5. The van der Waals surface area contributed by atoms with Gasteiger partial charge in [0.15, 0.2) is 0 Å². The maximum absolute atomic E-state index is 12.8. The van der Waals surface area contributed by atoms with Crippen molar-refractivity contribution in [2.75, 3.05) is 19.8 Å². The Morgan fingerprint density at radius 3 is 1.84 bits per heavy atom. The van der Waals surface area contributed by atoms with Gasteiger partial charge >= 0.3 is 35.4 Å². The molecule has 0 aliphatic heterocycles. The molecule has 20 heteroatoms. The van der Waals surface area contributed by atoms with Gasteiger partial charge in [-0.3, -0.25) is 24.4 Å². The van der Waals surface area contributed by atoms with E-state index in [0.717, 1.165) is 50.7 Å². The van der Waals surface area contributed by atoms with Crippen LogP contribution in [0.5, 0.6) is 12.0 Å². The van der Waals surface area contributed by atoms with Gasteiger partial charge in [-0.2, -0.15) is 23.1 Å². The summed E-state index contributed by atoms with van der Waals surface area (Å²) >= 11 is 0. The Morgan fingerprint density at radius 2 is 1.30 bits per heavy atom. The molecule has 17 nitrogen and oxygen atoms in total. The zero-order valence-corrected chi connectivity index (χ0v) is 36.1. The van der Waals surface area contributed by atoms with E-state index in [1.54, 1.807) is 6.92 Å². The summed E-state index contributed by atoms with van der Waals surface area (Å²) in [5.74, 6) is -0.831. The Labute approximate surface area is 365 Å². The molecule has 3 aliphatic rings. The number of rotatable bonds is 15. The highest BCUT2D eigenvalue weighted by molar-refractivity contribution is 5.85. The first-order valence-corrected chi connectivity index (χ1v) is 22.2. The number of oxime groups is 2. The van der Waals surface area contributed by atoms with Gasteiger partial charge in [0.25, 0.3) is 11.1 Å². The molecule has 0 bridgehead atoms. The summed E-state index contributed by atoms with van der Waals surface area (Å²) in [5.41, 5.74) is 0.111. The van der Waals surface area contributed by atoms with E-state index in [2.05, 4.69) is 30.2 Å². The number of nitrogens with zero attached hydrogens (tertiary/aromatic N) is 4. The molecule has 0 radical (unpaired) electrons. The van der Waals surface area contributed by atoms with Crippen LogP contribution in [0, 0.1) is 17.8 Å². The monoisotopic (exact) mass is 900 g/mol. The number of aryl methyl sites for hydroxylation is 1. The number of H-pyrrole nitrogens is 2. The molecule has 0 saturated heterocycles. The zero-order chi connectivity index (χ0) is 45.6. The fraction of sp³-hybridized carbons (Fsp3) is 0.614. The highest BCUT2D eigenvalue weighted by atomic mass is 19.4. The topological polar surface area (TPSA) is 231 Å². The molecule has 0 amide bonds. The van der Waals surface area contributed by atoms with Crippen molar-refractivity contribution >= 4 is 39.6 Å². The van der Waals surface area contributed by atoms with Crippen molar-refractivity contribution in [3.63, 3.8) is 0 Å². The van der Waals surface area contributed by atoms with Gasteiger partial charge in [0.1, 0.15) is 10.8 Å². The second-order valence-electron chi connectivity index (χ2n) is 16.5. The van der Waals surface area contributed by atoms with Crippen molar-refractivity contribution in [3.05, 3.63) is 64.8 Å². The van der Waals surface area contributed by atoms with E-state index in [-0.39, 0.29) is 71.8 Å².